The smallest absolute Gasteiger partial charge is 0.309 e. The van der Waals surface area contributed by atoms with E-state index < -0.39 is 17.5 Å². The minimum Gasteiger partial charge on any atom is -0.508 e. The topological polar surface area (TPSA) is 104 Å². The summed E-state index contributed by atoms with van der Waals surface area (Å²) >= 11 is 0. The van der Waals surface area contributed by atoms with Crippen LogP contribution in [0.1, 0.15) is 43.5 Å². The quantitative estimate of drug-likeness (QED) is 0.345. The lowest BCUT2D eigenvalue weighted by Crippen LogP contribution is -2.28. The molecule has 0 heterocycles. The van der Waals surface area contributed by atoms with Crippen LogP contribution in [-0.2, 0) is 4.79 Å². The molecule has 0 spiro atoms. The van der Waals surface area contributed by atoms with E-state index in [4.69, 9.17) is 4.74 Å². The highest BCUT2D eigenvalue weighted by atomic mass is 16.5. The van der Waals surface area contributed by atoms with Gasteiger partial charge in [-0.25, -0.2) is 0 Å². The molecule has 6 heteroatoms. The first-order valence-corrected chi connectivity index (χ1v) is 10.8. The van der Waals surface area contributed by atoms with E-state index in [0.717, 1.165) is 17.2 Å². The van der Waals surface area contributed by atoms with Gasteiger partial charge < -0.3 is 20.1 Å². The lowest BCUT2D eigenvalue weighted by Gasteiger charge is -2.25. The van der Waals surface area contributed by atoms with E-state index in [1.54, 1.807) is 13.8 Å². The zero-order valence-corrected chi connectivity index (χ0v) is 18.7. The number of carbonyl (C=O) groups excluding carboxylic acids is 1. The molecule has 0 aliphatic heterocycles. The molecular weight excluding hydrogens is 420 g/mol. The molecule has 0 saturated heterocycles. The molecule has 0 aliphatic rings. The van der Waals surface area contributed by atoms with E-state index in [9.17, 15) is 24.9 Å². The number of Topliss-reactive ketones (excluding diaryl/α,β-unsaturated/α-hetero) is 1. The molecule has 172 valence electrons. The van der Waals surface area contributed by atoms with Crippen molar-refractivity contribution in [2.75, 3.05) is 0 Å². The summed E-state index contributed by atoms with van der Waals surface area (Å²) in [6.07, 6.45) is -0.00906. The predicted molar refractivity (Wildman–Crippen MR) is 126 cm³/mol. The number of aliphatic carboxylic acids is 1. The van der Waals surface area contributed by atoms with Crippen LogP contribution in [0.5, 0.6) is 17.2 Å². The van der Waals surface area contributed by atoms with Gasteiger partial charge in [-0.15, -0.1) is 0 Å². The second kappa shape index (κ2) is 10.2. The largest absolute Gasteiger partial charge is 0.508 e. The van der Waals surface area contributed by atoms with Crippen LogP contribution in [0.4, 0.5) is 0 Å². The Morgan fingerprint density at radius 1 is 0.909 bits per heavy atom. The van der Waals surface area contributed by atoms with Crippen molar-refractivity contribution in [2.24, 2.45) is 5.41 Å². The second-order valence-electron chi connectivity index (χ2n) is 8.70. The van der Waals surface area contributed by atoms with Crippen molar-refractivity contribution in [3.63, 3.8) is 0 Å². The Labute approximate surface area is 193 Å². The van der Waals surface area contributed by atoms with E-state index in [0.29, 0.717) is 18.6 Å². The molecule has 0 radical (unpaired) electrons. The highest BCUT2D eigenvalue weighted by molar-refractivity contribution is 5.97. The summed E-state index contributed by atoms with van der Waals surface area (Å²) in [5.74, 6) is -1.07. The van der Waals surface area contributed by atoms with Crippen molar-refractivity contribution in [2.45, 2.75) is 39.2 Å². The molecule has 3 aromatic carbocycles. The number of ether oxygens (including phenoxy) is 1. The lowest BCUT2D eigenvalue weighted by molar-refractivity contribution is -0.147. The first-order valence-electron chi connectivity index (χ1n) is 10.8. The first kappa shape index (κ1) is 23.9. The third-order valence-corrected chi connectivity index (χ3v) is 5.57. The van der Waals surface area contributed by atoms with Crippen molar-refractivity contribution >= 4 is 11.8 Å². The summed E-state index contributed by atoms with van der Waals surface area (Å²) in [5.41, 5.74) is 1.01. The van der Waals surface area contributed by atoms with Gasteiger partial charge in [-0.05, 0) is 50.5 Å². The van der Waals surface area contributed by atoms with E-state index in [1.807, 2.05) is 54.6 Å². The van der Waals surface area contributed by atoms with Crippen molar-refractivity contribution in [3.8, 4) is 28.4 Å². The summed E-state index contributed by atoms with van der Waals surface area (Å²) in [4.78, 5) is 24.5. The van der Waals surface area contributed by atoms with E-state index in [1.165, 1.54) is 12.1 Å². The van der Waals surface area contributed by atoms with Crippen LogP contribution < -0.4 is 4.74 Å². The van der Waals surface area contributed by atoms with Crippen molar-refractivity contribution in [1.82, 2.24) is 0 Å². The number of carbonyl (C=O) groups is 2. The Morgan fingerprint density at radius 3 is 2.15 bits per heavy atom. The number of aromatic hydroxyl groups is 2. The van der Waals surface area contributed by atoms with E-state index in [-0.39, 0.29) is 29.3 Å². The van der Waals surface area contributed by atoms with Crippen LogP contribution in [0.25, 0.3) is 11.1 Å². The van der Waals surface area contributed by atoms with Gasteiger partial charge in [-0.2, -0.15) is 0 Å². The van der Waals surface area contributed by atoms with Gasteiger partial charge in [0.1, 0.15) is 23.4 Å². The normalized spacial score (nSPS) is 12.2. The molecule has 3 rings (SSSR count). The Hall–Kier alpha value is -3.80. The SMILES string of the molecule is CC(C)(CCC(CC(=O)c1cc(O)cc(O)c1)Oc1ccccc1-c1ccccc1)C(=O)O. The minimum absolute atomic E-state index is 0.0400. The predicted octanol–water partition coefficient (Wildman–Crippen LogP) is 5.68. The van der Waals surface area contributed by atoms with Crippen LogP contribution in [0.15, 0.2) is 72.8 Å². The summed E-state index contributed by atoms with van der Waals surface area (Å²) in [7, 11) is 0. The number of carboxylic acid groups (broad SMARTS) is 1. The molecule has 0 bridgehead atoms. The number of rotatable bonds is 10. The summed E-state index contributed by atoms with van der Waals surface area (Å²) in [6, 6.07) is 20.9. The Balaban J connectivity index is 1.88. The van der Waals surface area contributed by atoms with Crippen LogP contribution in [0.2, 0.25) is 0 Å². The number of ketones is 1. The average molecular weight is 449 g/mol. The zero-order valence-electron chi connectivity index (χ0n) is 18.7. The van der Waals surface area contributed by atoms with Gasteiger partial charge in [0.2, 0.25) is 0 Å². The Morgan fingerprint density at radius 2 is 1.52 bits per heavy atom. The van der Waals surface area contributed by atoms with Crippen LogP contribution in [-0.4, -0.2) is 33.2 Å². The molecule has 0 aliphatic carbocycles. The Kier molecular flexibility index (Phi) is 7.38. The van der Waals surface area contributed by atoms with Gasteiger partial charge in [-0.1, -0.05) is 48.5 Å². The van der Waals surface area contributed by atoms with Crippen molar-refractivity contribution in [1.29, 1.82) is 0 Å². The molecule has 1 unspecified atom stereocenters. The fourth-order valence-electron chi connectivity index (χ4n) is 3.52. The highest BCUT2D eigenvalue weighted by Crippen LogP contribution is 2.33. The third kappa shape index (κ3) is 6.35. The minimum atomic E-state index is -0.979. The highest BCUT2D eigenvalue weighted by Gasteiger charge is 2.29. The first-order chi connectivity index (χ1) is 15.7. The van der Waals surface area contributed by atoms with Crippen LogP contribution in [0.3, 0.4) is 0 Å². The molecule has 3 aromatic rings. The molecule has 0 aromatic heterocycles. The molecule has 3 N–H and O–H groups in total. The van der Waals surface area contributed by atoms with Gasteiger partial charge in [-0.3, -0.25) is 9.59 Å². The van der Waals surface area contributed by atoms with Crippen LogP contribution >= 0.6 is 0 Å². The molecule has 33 heavy (non-hydrogen) atoms. The second-order valence-corrected chi connectivity index (χ2v) is 8.70. The van der Waals surface area contributed by atoms with Gasteiger partial charge in [0.05, 0.1) is 5.41 Å². The fraction of sp³-hybridized carbons (Fsp3) is 0.259. The Bertz CT molecular complexity index is 1100. The number of phenols is 2. The van der Waals surface area contributed by atoms with Crippen LogP contribution in [0, 0.1) is 5.41 Å². The standard InChI is InChI=1S/C27H28O6/c1-27(2,26(31)32)13-12-22(17-24(30)19-14-20(28)16-21(29)15-19)33-25-11-7-6-10-23(25)18-8-4-3-5-9-18/h3-11,14-16,22,28-29H,12-13,17H2,1-2H3,(H,31,32). The number of para-hydroxylation sites is 1. The van der Waals surface area contributed by atoms with Crippen molar-refractivity contribution in [3.05, 3.63) is 78.4 Å². The number of hydrogen-bond donors (Lipinski definition) is 3. The molecule has 0 fully saturated rings. The monoisotopic (exact) mass is 448 g/mol. The molecule has 6 nitrogen and oxygen atoms in total. The molecule has 0 amide bonds. The van der Waals surface area contributed by atoms with Gasteiger partial charge >= 0.3 is 5.97 Å². The number of benzene rings is 3. The zero-order chi connectivity index (χ0) is 24.0. The van der Waals surface area contributed by atoms with Crippen molar-refractivity contribution < 1.29 is 29.6 Å². The number of hydrogen-bond acceptors (Lipinski definition) is 5. The number of phenolic OH excluding ortho intramolecular Hbond substituents is 2. The average Bonchev–Trinajstić information content (AvgIpc) is 2.77. The maximum atomic E-state index is 12.9. The fourth-order valence-corrected chi connectivity index (χ4v) is 3.52. The van der Waals surface area contributed by atoms with E-state index in [2.05, 4.69) is 0 Å². The van der Waals surface area contributed by atoms with Gasteiger partial charge in [0.15, 0.2) is 5.78 Å². The molecule has 1 atom stereocenters. The van der Waals surface area contributed by atoms with Gasteiger partial charge in [0.25, 0.3) is 0 Å². The maximum Gasteiger partial charge on any atom is 0.309 e. The lowest BCUT2D eigenvalue weighted by atomic mass is 9.86. The number of carboxylic acids is 1. The molecule has 0 saturated carbocycles. The third-order valence-electron chi connectivity index (χ3n) is 5.57. The van der Waals surface area contributed by atoms with E-state index >= 15 is 0 Å². The van der Waals surface area contributed by atoms with Gasteiger partial charge in [0, 0.05) is 23.6 Å². The summed E-state index contributed by atoms with van der Waals surface area (Å²) < 4.78 is 6.29. The summed E-state index contributed by atoms with van der Waals surface area (Å²) in [6.45, 7) is 3.28. The summed E-state index contributed by atoms with van der Waals surface area (Å²) in [5, 5.41) is 29.0. The molecular formula is C27H28O6. The maximum absolute atomic E-state index is 12.9.